The monoisotopic (exact) mass is 227 g/mol. The molecule has 0 atom stereocenters. The smallest absolute Gasteiger partial charge is 0.0590 e. The van der Waals surface area contributed by atoms with Crippen molar-refractivity contribution in [1.82, 2.24) is 5.32 Å². The lowest BCUT2D eigenvalue weighted by molar-refractivity contribution is 0.129. The molecular weight excluding hydrogens is 198 g/mol. The van der Waals surface area contributed by atoms with Gasteiger partial charge in [0.05, 0.1) is 6.61 Å². The molecule has 0 aliphatic heterocycles. The van der Waals surface area contributed by atoms with Gasteiger partial charge >= 0.3 is 0 Å². The zero-order chi connectivity index (χ0) is 11.6. The Labute approximate surface area is 101 Å². The molecule has 1 N–H and O–H groups in total. The Bertz CT molecular complexity index is 153. The highest BCUT2D eigenvalue weighted by Crippen LogP contribution is 2.23. The summed E-state index contributed by atoms with van der Waals surface area (Å²) in [4.78, 5) is 0. The van der Waals surface area contributed by atoms with Crippen LogP contribution in [0, 0.1) is 11.8 Å². The van der Waals surface area contributed by atoms with Gasteiger partial charge < -0.3 is 10.1 Å². The van der Waals surface area contributed by atoms with E-state index in [9.17, 15) is 0 Å². The molecule has 0 aromatic carbocycles. The fourth-order valence-corrected chi connectivity index (χ4v) is 2.36. The maximum Gasteiger partial charge on any atom is 0.0590 e. The van der Waals surface area contributed by atoms with Crippen molar-refractivity contribution < 1.29 is 4.74 Å². The van der Waals surface area contributed by atoms with Gasteiger partial charge in [-0.15, -0.1) is 0 Å². The Morgan fingerprint density at radius 1 is 1.19 bits per heavy atom. The molecule has 1 rings (SSSR count). The summed E-state index contributed by atoms with van der Waals surface area (Å²) in [6.07, 6.45) is 8.25. The van der Waals surface area contributed by atoms with Crippen LogP contribution in [-0.2, 0) is 4.74 Å². The first kappa shape index (κ1) is 14.0. The third kappa shape index (κ3) is 7.24. The van der Waals surface area contributed by atoms with Crippen LogP contribution >= 0.6 is 0 Å². The van der Waals surface area contributed by atoms with E-state index >= 15 is 0 Å². The van der Waals surface area contributed by atoms with E-state index < -0.39 is 0 Å². The molecule has 0 unspecified atom stereocenters. The summed E-state index contributed by atoms with van der Waals surface area (Å²) < 4.78 is 5.59. The molecule has 1 fully saturated rings. The molecule has 96 valence electrons. The molecule has 0 spiro atoms. The molecule has 1 aliphatic carbocycles. The summed E-state index contributed by atoms with van der Waals surface area (Å²) in [5.74, 6) is 1.75. The molecule has 1 saturated carbocycles. The van der Waals surface area contributed by atoms with Crippen molar-refractivity contribution >= 4 is 0 Å². The zero-order valence-electron chi connectivity index (χ0n) is 11.1. The van der Waals surface area contributed by atoms with Gasteiger partial charge in [-0.2, -0.15) is 0 Å². The van der Waals surface area contributed by atoms with Crippen molar-refractivity contribution in [3.63, 3.8) is 0 Å². The van der Waals surface area contributed by atoms with Crippen LogP contribution in [0.3, 0.4) is 0 Å². The van der Waals surface area contributed by atoms with Gasteiger partial charge in [0.1, 0.15) is 0 Å². The normalized spacial score (nSPS) is 17.4. The van der Waals surface area contributed by atoms with Gasteiger partial charge in [-0.3, -0.25) is 0 Å². The first-order valence-electron chi connectivity index (χ1n) is 7.07. The van der Waals surface area contributed by atoms with Crippen LogP contribution in [0.2, 0.25) is 0 Å². The highest BCUT2D eigenvalue weighted by molar-refractivity contribution is 4.69. The molecule has 0 aromatic heterocycles. The average Bonchev–Trinajstić information content (AvgIpc) is 2.74. The third-order valence-electron chi connectivity index (χ3n) is 3.40. The van der Waals surface area contributed by atoms with Crippen LogP contribution in [-0.4, -0.2) is 26.3 Å². The van der Waals surface area contributed by atoms with Crippen LogP contribution in [0.4, 0.5) is 0 Å². The van der Waals surface area contributed by atoms with Crippen molar-refractivity contribution in [2.75, 3.05) is 26.3 Å². The minimum atomic E-state index is 0.809. The van der Waals surface area contributed by atoms with E-state index in [1.54, 1.807) is 0 Å². The number of ether oxygens (including phenoxy) is 1. The molecule has 2 nitrogen and oxygen atoms in total. The number of hydrogen-bond acceptors (Lipinski definition) is 2. The second-order valence-corrected chi connectivity index (χ2v) is 5.50. The lowest BCUT2D eigenvalue weighted by atomic mass is 10.1. The van der Waals surface area contributed by atoms with E-state index in [0.717, 1.165) is 31.6 Å². The first-order chi connectivity index (χ1) is 7.79. The van der Waals surface area contributed by atoms with E-state index in [4.69, 9.17) is 4.74 Å². The summed E-state index contributed by atoms with van der Waals surface area (Å²) in [6, 6.07) is 0. The molecular formula is C14H29NO. The fraction of sp³-hybridized carbons (Fsp3) is 1.00. The van der Waals surface area contributed by atoms with Crippen molar-refractivity contribution in [1.29, 1.82) is 0 Å². The van der Waals surface area contributed by atoms with Crippen molar-refractivity contribution in [2.24, 2.45) is 11.8 Å². The van der Waals surface area contributed by atoms with Crippen molar-refractivity contribution in [2.45, 2.75) is 52.4 Å². The van der Waals surface area contributed by atoms with Crippen LogP contribution in [0.15, 0.2) is 0 Å². The minimum Gasteiger partial charge on any atom is -0.380 e. The summed E-state index contributed by atoms with van der Waals surface area (Å²) in [7, 11) is 0. The van der Waals surface area contributed by atoms with Crippen LogP contribution in [0.25, 0.3) is 0 Å². The zero-order valence-corrected chi connectivity index (χ0v) is 11.1. The number of hydrogen-bond donors (Lipinski definition) is 1. The molecule has 1 aliphatic rings. The molecule has 2 heteroatoms. The van der Waals surface area contributed by atoms with Gasteiger partial charge in [0.15, 0.2) is 0 Å². The van der Waals surface area contributed by atoms with Crippen molar-refractivity contribution in [3.05, 3.63) is 0 Å². The predicted octanol–water partition coefficient (Wildman–Crippen LogP) is 3.22. The summed E-state index contributed by atoms with van der Waals surface area (Å²) >= 11 is 0. The minimum absolute atomic E-state index is 0.809. The summed E-state index contributed by atoms with van der Waals surface area (Å²) in [6.45, 7) is 8.58. The van der Waals surface area contributed by atoms with Gasteiger partial charge in [-0.25, -0.2) is 0 Å². The Morgan fingerprint density at radius 3 is 2.62 bits per heavy atom. The van der Waals surface area contributed by atoms with E-state index in [0.29, 0.717) is 0 Å². The average molecular weight is 227 g/mol. The van der Waals surface area contributed by atoms with Gasteiger partial charge in [-0.05, 0) is 44.1 Å². The fourth-order valence-electron chi connectivity index (χ4n) is 2.36. The molecule has 16 heavy (non-hydrogen) atoms. The van der Waals surface area contributed by atoms with Crippen LogP contribution in [0.1, 0.15) is 52.4 Å². The topological polar surface area (TPSA) is 21.3 Å². The lowest BCUT2D eigenvalue weighted by Crippen LogP contribution is -2.25. The highest BCUT2D eigenvalue weighted by atomic mass is 16.5. The highest BCUT2D eigenvalue weighted by Gasteiger charge is 2.13. The Hall–Kier alpha value is -0.0800. The molecule has 0 radical (unpaired) electrons. The number of nitrogens with one attached hydrogen (secondary N) is 1. The van der Waals surface area contributed by atoms with Gasteiger partial charge in [-0.1, -0.05) is 26.7 Å². The number of rotatable bonds is 9. The quantitative estimate of drug-likeness (QED) is 0.611. The molecule has 0 bridgehead atoms. The van der Waals surface area contributed by atoms with E-state index in [1.807, 2.05) is 0 Å². The van der Waals surface area contributed by atoms with Gasteiger partial charge in [0.2, 0.25) is 0 Å². The first-order valence-corrected chi connectivity index (χ1v) is 7.07. The summed E-state index contributed by atoms with van der Waals surface area (Å²) in [5, 5.41) is 3.50. The lowest BCUT2D eigenvalue weighted by Gasteiger charge is -2.10. The van der Waals surface area contributed by atoms with Crippen LogP contribution in [0.5, 0.6) is 0 Å². The molecule has 0 aromatic rings. The third-order valence-corrected chi connectivity index (χ3v) is 3.40. The predicted molar refractivity (Wildman–Crippen MR) is 69.7 cm³/mol. The molecule has 0 saturated heterocycles. The van der Waals surface area contributed by atoms with Gasteiger partial charge in [0.25, 0.3) is 0 Å². The van der Waals surface area contributed by atoms with Crippen LogP contribution < -0.4 is 5.32 Å². The van der Waals surface area contributed by atoms with Gasteiger partial charge in [0, 0.05) is 13.2 Å². The Kier molecular flexibility index (Phi) is 7.87. The maximum absolute atomic E-state index is 5.59. The second kappa shape index (κ2) is 9.00. The molecule has 0 amide bonds. The Morgan fingerprint density at radius 2 is 1.94 bits per heavy atom. The Balaban J connectivity index is 1.74. The van der Waals surface area contributed by atoms with E-state index in [-0.39, 0.29) is 0 Å². The second-order valence-electron chi connectivity index (χ2n) is 5.50. The van der Waals surface area contributed by atoms with E-state index in [2.05, 4.69) is 19.2 Å². The van der Waals surface area contributed by atoms with E-state index in [1.165, 1.54) is 45.1 Å². The summed E-state index contributed by atoms with van der Waals surface area (Å²) in [5.41, 5.74) is 0. The standard InChI is InChI=1S/C14H29NO/c1-13(2)6-5-10-16-11-9-15-12-14-7-3-4-8-14/h13-15H,3-12H2,1-2H3. The van der Waals surface area contributed by atoms with Crippen molar-refractivity contribution in [3.8, 4) is 0 Å². The molecule has 0 heterocycles. The largest absolute Gasteiger partial charge is 0.380 e. The SMILES string of the molecule is CC(C)CCCOCCNCC1CCCC1. The maximum atomic E-state index is 5.59.